The molecule has 0 atom stereocenters. The maximum absolute atomic E-state index is 11.9. The van der Waals surface area contributed by atoms with Gasteiger partial charge in [0.05, 0.1) is 19.1 Å². The Labute approximate surface area is 250 Å². The molecule has 0 saturated carbocycles. The fourth-order valence-electron chi connectivity index (χ4n) is 3.98. The van der Waals surface area contributed by atoms with Crippen molar-refractivity contribution in [3.8, 4) is 34.5 Å². The van der Waals surface area contributed by atoms with Crippen molar-refractivity contribution in [2.75, 3.05) is 51.1 Å². The van der Waals surface area contributed by atoms with Gasteiger partial charge in [0.25, 0.3) is 0 Å². The van der Waals surface area contributed by atoms with E-state index in [1.807, 2.05) is 25.1 Å². The molecule has 0 saturated heterocycles. The molecule has 0 unspecified atom stereocenters. The van der Waals surface area contributed by atoms with Gasteiger partial charge in [0.15, 0.2) is 0 Å². The molecule has 0 fully saturated rings. The molecule has 0 aromatic carbocycles. The van der Waals surface area contributed by atoms with Crippen molar-refractivity contribution in [2.24, 2.45) is 5.41 Å². The fraction of sp³-hybridized carbons (Fsp3) is 0.581. The van der Waals surface area contributed by atoms with Gasteiger partial charge in [-0.15, -0.1) is 5.10 Å². The monoisotopic (exact) mass is 603 g/mol. The lowest BCUT2D eigenvalue weighted by Crippen LogP contribution is -2.32. The van der Waals surface area contributed by atoms with Crippen LogP contribution < -0.4 is 9.47 Å². The number of carbonyl (C=O) groups is 1. The molecule has 0 aliphatic rings. The third kappa shape index (κ3) is 9.42. The molecule has 0 bridgehead atoms. The first kappa shape index (κ1) is 33.3. The molecule has 0 spiro atoms. The van der Waals surface area contributed by atoms with Crippen LogP contribution in [0.25, 0.3) is 22.6 Å². The van der Waals surface area contributed by atoms with E-state index in [4.69, 9.17) is 18.9 Å². The van der Waals surface area contributed by atoms with Crippen molar-refractivity contribution < 1.29 is 23.7 Å². The molecule has 3 heterocycles. The Morgan fingerprint density at radius 2 is 1.79 bits per heavy atom. The molecule has 3 aromatic rings. The first-order chi connectivity index (χ1) is 19.6. The SMILES string of the molecule is CCC(CC)Oc1nc(-c2ccc(-c3cnc(OCC(C)(C)C(=O)OC)cc3C)cn2)nn1COCC[SH](C)(C)(C)C. The Bertz CT molecular complexity index is 1330. The van der Waals surface area contributed by atoms with Gasteiger partial charge in [-0.05, 0) is 76.0 Å². The van der Waals surface area contributed by atoms with Gasteiger partial charge in [0.1, 0.15) is 25.1 Å². The van der Waals surface area contributed by atoms with Crippen LogP contribution >= 0.6 is 9.16 Å². The Kier molecular flexibility index (Phi) is 10.6. The topological polar surface area (TPSA) is 110 Å². The summed E-state index contributed by atoms with van der Waals surface area (Å²) in [5.41, 5.74) is 2.66. The standard InChI is InChI=1S/C31H49N5O5S/c1-11-24(12-2)41-30-34-28(35-36(30)21-39-15-16-42(7,8,9)10)26-14-13-23(18-32-26)25-19-33-27(17-22(25)3)40-20-31(4,5)29(37)38-6/h13-14,17-19,24,42H,11-12,15-16,20-21H2,1-10H3. The Morgan fingerprint density at radius 3 is 2.36 bits per heavy atom. The van der Waals surface area contributed by atoms with Crippen molar-refractivity contribution in [1.29, 1.82) is 0 Å². The van der Waals surface area contributed by atoms with Crippen LogP contribution in [0.3, 0.4) is 0 Å². The number of carbonyl (C=O) groups excluding carboxylic acids is 1. The van der Waals surface area contributed by atoms with Crippen LogP contribution in [-0.4, -0.2) is 87.9 Å². The lowest BCUT2D eigenvalue weighted by atomic mass is 9.95. The van der Waals surface area contributed by atoms with Crippen LogP contribution in [0.2, 0.25) is 0 Å². The van der Waals surface area contributed by atoms with Crippen LogP contribution in [0.5, 0.6) is 11.9 Å². The number of esters is 1. The largest absolute Gasteiger partial charge is 0.476 e. The number of methoxy groups -OCH3 is 1. The van der Waals surface area contributed by atoms with Crippen LogP contribution in [-0.2, 0) is 21.0 Å². The van der Waals surface area contributed by atoms with Gasteiger partial charge in [-0.25, -0.2) is 4.98 Å². The second-order valence-electron chi connectivity index (χ2n) is 13.4. The summed E-state index contributed by atoms with van der Waals surface area (Å²) >= 11 is 0. The Hall–Kier alpha value is -3.18. The molecule has 0 N–H and O–H groups in total. The molecular formula is C31H49N5O5S. The van der Waals surface area contributed by atoms with Gasteiger partial charge < -0.3 is 18.9 Å². The van der Waals surface area contributed by atoms with E-state index in [9.17, 15) is 4.79 Å². The van der Waals surface area contributed by atoms with E-state index in [2.05, 4.69) is 58.9 Å². The van der Waals surface area contributed by atoms with E-state index in [1.165, 1.54) is 7.11 Å². The number of aryl methyl sites for hydroxylation is 1. The smallest absolute Gasteiger partial charge is 0.317 e. The molecule has 3 aromatic heterocycles. The minimum Gasteiger partial charge on any atom is -0.476 e. The molecule has 11 heteroatoms. The van der Waals surface area contributed by atoms with E-state index in [-0.39, 0.29) is 25.4 Å². The van der Waals surface area contributed by atoms with Crippen molar-refractivity contribution in [3.05, 3.63) is 36.2 Å². The highest BCUT2D eigenvalue weighted by Crippen LogP contribution is 2.54. The van der Waals surface area contributed by atoms with Gasteiger partial charge in [0.2, 0.25) is 11.7 Å². The predicted octanol–water partition coefficient (Wildman–Crippen LogP) is 5.42. The number of thiol groups is 1. The predicted molar refractivity (Wildman–Crippen MR) is 171 cm³/mol. The lowest BCUT2D eigenvalue weighted by Gasteiger charge is -2.46. The molecule has 0 aliphatic carbocycles. The van der Waals surface area contributed by atoms with Crippen LogP contribution in [0.15, 0.2) is 30.6 Å². The first-order valence-corrected chi connectivity index (χ1v) is 18.7. The zero-order valence-corrected chi connectivity index (χ0v) is 27.8. The first-order valence-electron chi connectivity index (χ1n) is 14.5. The maximum Gasteiger partial charge on any atom is 0.317 e. The lowest BCUT2D eigenvalue weighted by molar-refractivity contribution is -0.152. The van der Waals surface area contributed by atoms with E-state index >= 15 is 0 Å². The second kappa shape index (κ2) is 13.4. The number of rotatable bonds is 15. The van der Waals surface area contributed by atoms with Gasteiger partial charge in [-0.1, -0.05) is 19.9 Å². The summed E-state index contributed by atoms with van der Waals surface area (Å²) in [5, 5.41) is 4.69. The molecule has 42 heavy (non-hydrogen) atoms. The van der Waals surface area contributed by atoms with Crippen molar-refractivity contribution in [1.82, 2.24) is 24.7 Å². The molecule has 0 amide bonds. The number of hydrogen-bond acceptors (Lipinski definition) is 9. The van der Waals surface area contributed by atoms with E-state index < -0.39 is 14.6 Å². The summed E-state index contributed by atoms with van der Waals surface area (Å²) in [6.07, 6.45) is 14.7. The minimum atomic E-state index is -1.66. The zero-order valence-electron chi connectivity index (χ0n) is 26.9. The molecule has 0 radical (unpaired) electrons. The van der Waals surface area contributed by atoms with E-state index in [1.54, 1.807) is 30.9 Å². The summed E-state index contributed by atoms with van der Waals surface area (Å²) in [7, 11) is -0.287. The summed E-state index contributed by atoms with van der Waals surface area (Å²) in [4.78, 5) is 25.7. The third-order valence-corrected chi connectivity index (χ3v) is 8.84. The van der Waals surface area contributed by atoms with Crippen LogP contribution in [0.4, 0.5) is 0 Å². The quantitative estimate of drug-likeness (QED) is 0.138. The summed E-state index contributed by atoms with van der Waals surface area (Å²) < 4.78 is 24.5. The number of nitrogens with zero attached hydrogens (tertiary/aromatic N) is 5. The van der Waals surface area contributed by atoms with E-state index in [0.717, 1.165) is 35.3 Å². The van der Waals surface area contributed by atoms with Crippen LogP contribution in [0.1, 0.15) is 46.1 Å². The summed E-state index contributed by atoms with van der Waals surface area (Å²) in [6, 6.07) is 6.16. The summed E-state index contributed by atoms with van der Waals surface area (Å²) in [5.74, 6) is 1.62. The zero-order chi connectivity index (χ0) is 31.2. The van der Waals surface area contributed by atoms with Gasteiger partial charge >= 0.3 is 12.0 Å². The van der Waals surface area contributed by atoms with Crippen molar-refractivity contribution >= 4 is 15.1 Å². The maximum atomic E-state index is 11.9. The molecule has 234 valence electrons. The number of aromatic nitrogens is 5. The Balaban J connectivity index is 1.76. The highest BCUT2D eigenvalue weighted by Gasteiger charge is 2.30. The third-order valence-electron chi connectivity index (χ3n) is 6.87. The fourth-order valence-corrected chi connectivity index (χ4v) is 4.84. The van der Waals surface area contributed by atoms with E-state index in [0.29, 0.717) is 30.0 Å². The van der Waals surface area contributed by atoms with Crippen molar-refractivity contribution in [2.45, 2.75) is 60.3 Å². The molecule has 10 nitrogen and oxygen atoms in total. The summed E-state index contributed by atoms with van der Waals surface area (Å²) in [6.45, 7) is 10.8. The van der Waals surface area contributed by atoms with Gasteiger partial charge in [-0.3, -0.25) is 18.9 Å². The highest BCUT2D eigenvalue weighted by atomic mass is 32.3. The Morgan fingerprint density at radius 1 is 1.07 bits per heavy atom. The number of pyridine rings is 2. The minimum absolute atomic E-state index is 0.0468. The normalized spacial score (nSPS) is 13.1. The van der Waals surface area contributed by atoms with Crippen LogP contribution in [0, 0.1) is 12.3 Å². The van der Waals surface area contributed by atoms with Gasteiger partial charge in [0, 0.05) is 29.6 Å². The van der Waals surface area contributed by atoms with Gasteiger partial charge in [-0.2, -0.15) is 9.67 Å². The number of ether oxygens (including phenoxy) is 4. The second-order valence-corrected chi connectivity index (χ2v) is 21.8. The average molecular weight is 604 g/mol. The molecular weight excluding hydrogens is 554 g/mol. The highest BCUT2D eigenvalue weighted by molar-refractivity contribution is 8.47. The van der Waals surface area contributed by atoms with Crippen molar-refractivity contribution in [3.63, 3.8) is 0 Å². The number of hydrogen-bond donors (Lipinski definition) is 1. The molecule has 3 rings (SSSR count). The average Bonchev–Trinajstić information content (AvgIpc) is 3.34. The molecule has 0 aliphatic heterocycles.